The molecule has 1 aromatic carbocycles. The minimum absolute atomic E-state index is 0.170. The molecule has 0 amide bonds. The SMILES string of the molecule is COCOc1cc(Cl)ccc1-c1cc2c(nn1)N([C@H]1CC3CC[C@@H](C3)C1)CC2. The number of nitrogens with zero attached hydrogens (tertiary/aromatic N) is 3. The molecule has 1 aromatic heterocycles. The summed E-state index contributed by atoms with van der Waals surface area (Å²) in [5.41, 5.74) is 3.01. The van der Waals surface area contributed by atoms with Crippen molar-refractivity contribution < 1.29 is 9.47 Å². The van der Waals surface area contributed by atoms with Crippen LogP contribution >= 0.6 is 11.6 Å². The van der Waals surface area contributed by atoms with Crippen LogP contribution in [0.3, 0.4) is 0 Å². The largest absolute Gasteiger partial charge is 0.467 e. The molecule has 2 aromatic rings. The van der Waals surface area contributed by atoms with Crippen molar-refractivity contribution in [3.63, 3.8) is 0 Å². The van der Waals surface area contributed by atoms with Crippen LogP contribution in [0.25, 0.3) is 11.3 Å². The van der Waals surface area contributed by atoms with E-state index in [2.05, 4.69) is 21.2 Å². The van der Waals surface area contributed by atoms with E-state index in [-0.39, 0.29) is 6.79 Å². The van der Waals surface area contributed by atoms with Crippen LogP contribution in [0.4, 0.5) is 5.82 Å². The van der Waals surface area contributed by atoms with E-state index in [1.165, 1.54) is 37.7 Å². The molecule has 0 N–H and O–H groups in total. The molecule has 0 spiro atoms. The van der Waals surface area contributed by atoms with Crippen LogP contribution in [-0.4, -0.2) is 36.7 Å². The monoisotopic (exact) mass is 399 g/mol. The number of hydrogen-bond donors (Lipinski definition) is 0. The van der Waals surface area contributed by atoms with E-state index in [1.807, 2.05) is 12.1 Å². The Morgan fingerprint density at radius 2 is 1.93 bits per heavy atom. The topological polar surface area (TPSA) is 47.5 Å². The predicted molar refractivity (Wildman–Crippen MR) is 110 cm³/mol. The first-order chi connectivity index (χ1) is 13.7. The zero-order valence-electron chi connectivity index (χ0n) is 16.2. The van der Waals surface area contributed by atoms with Gasteiger partial charge in [0.25, 0.3) is 0 Å². The second kappa shape index (κ2) is 7.53. The lowest BCUT2D eigenvalue weighted by molar-refractivity contribution is 0.0515. The molecule has 0 radical (unpaired) electrons. The summed E-state index contributed by atoms with van der Waals surface area (Å²) in [6, 6.07) is 8.41. The average molecular weight is 400 g/mol. The molecule has 2 fully saturated rings. The maximum absolute atomic E-state index is 6.15. The van der Waals surface area contributed by atoms with Gasteiger partial charge < -0.3 is 14.4 Å². The smallest absolute Gasteiger partial charge is 0.188 e. The van der Waals surface area contributed by atoms with Crippen molar-refractivity contribution in [3.8, 4) is 17.0 Å². The number of fused-ring (bicyclic) bond motifs is 3. The Labute approximate surface area is 171 Å². The number of halogens is 1. The number of ether oxygens (including phenoxy) is 2. The van der Waals surface area contributed by atoms with Gasteiger partial charge in [-0.05, 0) is 61.8 Å². The highest BCUT2D eigenvalue weighted by Crippen LogP contribution is 2.45. The van der Waals surface area contributed by atoms with Gasteiger partial charge in [-0.1, -0.05) is 24.4 Å². The highest BCUT2D eigenvalue weighted by molar-refractivity contribution is 6.30. The molecule has 6 heteroatoms. The maximum atomic E-state index is 6.15. The summed E-state index contributed by atoms with van der Waals surface area (Å²) < 4.78 is 10.7. The minimum Gasteiger partial charge on any atom is -0.467 e. The second-order valence-electron chi connectivity index (χ2n) is 8.38. The first kappa shape index (κ1) is 18.2. The molecule has 2 bridgehead atoms. The Bertz CT molecular complexity index is 863. The van der Waals surface area contributed by atoms with Crippen LogP contribution in [0.2, 0.25) is 5.02 Å². The zero-order chi connectivity index (χ0) is 19.1. The molecule has 5 nitrogen and oxygen atoms in total. The van der Waals surface area contributed by atoms with Crippen molar-refractivity contribution in [2.24, 2.45) is 11.8 Å². The second-order valence-corrected chi connectivity index (χ2v) is 8.82. The summed E-state index contributed by atoms with van der Waals surface area (Å²) in [5, 5.41) is 9.85. The lowest BCUT2D eigenvalue weighted by Gasteiger charge is -2.35. The summed E-state index contributed by atoms with van der Waals surface area (Å²) in [6.07, 6.45) is 7.98. The van der Waals surface area contributed by atoms with Gasteiger partial charge in [-0.25, -0.2) is 0 Å². The highest BCUT2D eigenvalue weighted by Gasteiger charge is 2.39. The third kappa shape index (κ3) is 3.35. The van der Waals surface area contributed by atoms with E-state index in [4.69, 9.17) is 21.1 Å². The Morgan fingerprint density at radius 3 is 2.71 bits per heavy atom. The van der Waals surface area contributed by atoms with E-state index in [0.29, 0.717) is 16.8 Å². The van der Waals surface area contributed by atoms with Gasteiger partial charge in [-0.15, -0.1) is 10.2 Å². The molecule has 3 atom stereocenters. The Balaban J connectivity index is 1.42. The van der Waals surface area contributed by atoms with Gasteiger partial charge >= 0.3 is 0 Å². The quantitative estimate of drug-likeness (QED) is 0.681. The van der Waals surface area contributed by atoms with E-state index >= 15 is 0 Å². The molecule has 28 heavy (non-hydrogen) atoms. The molecular formula is C22H26ClN3O2. The molecule has 2 saturated carbocycles. The third-order valence-electron chi connectivity index (χ3n) is 6.60. The Hall–Kier alpha value is -1.85. The fourth-order valence-electron chi connectivity index (χ4n) is 5.36. The van der Waals surface area contributed by atoms with E-state index in [0.717, 1.165) is 41.9 Å². The van der Waals surface area contributed by atoms with Gasteiger partial charge in [-0.3, -0.25) is 0 Å². The molecule has 5 rings (SSSR count). The van der Waals surface area contributed by atoms with Crippen LogP contribution in [0.1, 0.15) is 37.7 Å². The van der Waals surface area contributed by atoms with Crippen LogP contribution < -0.4 is 9.64 Å². The van der Waals surface area contributed by atoms with Crippen molar-refractivity contribution in [1.29, 1.82) is 0 Å². The summed E-state index contributed by atoms with van der Waals surface area (Å²) in [7, 11) is 1.60. The number of methoxy groups -OCH3 is 1. The van der Waals surface area contributed by atoms with Crippen LogP contribution in [0.5, 0.6) is 5.75 Å². The van der Waals surface area contributed by atoms with Crippen molar-refractivity contribution >= 4 is 17.4 Å². The standard InChI is InChI=1S/C22H26ClN3O2/c1-27-13-28-21-12-17(23)4-5-19(21)20-11-16-6-7-26(22(16)25-24-20)18-9-14-2-3-15(8-14)10-18/h4-5,11-12,14-15,18H,2-3,6-10,13H2,1H3/t14-,15?,18+/m0/s1. The molecule has 0 saturated heterocycles. The van der Waals surface area contributed by atoms with Gasteiger partial charge in [0.15, 0.2) is 12.6 Å². The summed E-state index contributed by atoms with van der Waals surface area (Å²) in [5.74, 6) is 3.61. The van der Waals surface area contributed by atoms with Gasteiger partial charge in [-0.2, -0.15) is 0 Å². The number of aromatic nitrogens is 2. The third-order valence-corrected chi connectivity index (χ3v) is 6.83. The minimum atomic E-state index is 0.170. The normalized spacial score (nSPS) is 25.8. The summed E-state index contributed by atoms with van der Waals surface area (Å²) in [4.78, 5) is 2.53. The van der Waals surface area contributed by atoms with Crippen molar-refractivity contribution in [2.75, 3.05) is 25.3 Å². The van der Waals surface area contributed by atoms with E-state index < -0.39 is 0 Å². The van der Waals surface area contributed by atoms with E-state index in [1.54, 1.807) is 13.2 Å². The fourth-order valence-corrected chi connectivity index (χ4v) is 5.52. The Morgan fingerprint density at radius 1 is 1.11 bits per heavy atom. The number of rotatable bonds is 5. The number of benzene rings is 1. The molecule has 1 unspecified atom stereocenters. The molecule has 2 aliphatic carbocycles. The average Bonchev–Trinajstić information content (AvgIpc) is 3.28. The summed E-state index contributed by atoms with van der Waals surface area (Å²) in [6.45, 7) is 1.23. The maximum Gasteiger partial charge on any atom is 0.188 e. The lowest BCUT2D eigenvalue weighted by Crippen LogP contribution is -2.38. The van der Waals surface area contributed by atoms with Crippen LogP contribution in [-0.2, 0) is 11.2 Å². The zero-order valence-corrected chi connectivity index (χ0v) is 17.0. The lowest BCUT2D eigenvalue weighted by atomic mass is 9.85. The molecule has 148 valence electrons. The predicted octanol–water partition coefficient (Wildman–Crippen LogP) is 4.72. The first-order valence-electron chi connectivity index (χ1n) is 10.3. The Kier molecular flexibility index (Phi) is 4.89. The van der Waals surface area contributed by atoms with Crippen molar-refractivity contribution in [2.45, 2.75) is 44.6 Å². The van der Waals surface area contributed by atoms with Crippen molar-refractivity contribution in [1.82, 2.24) is 10.2 Å². The van der Waals surface area contributed by atoms with Crippen LogP contribution in [0, 0.1) is 11.8 Å². The first-order valence-corrected chi connectivity index (χ1v) is 10.6. The van der Waals surface area contributed by atoms with Gasteiger partial charge in [0.1, 0.15) is 5.75 Å². The number of hydrogen-bond acceptors (Lipinski definition) is 5. The molecule has 2 heterocycles. The van der Waals surface area contributed by atoms with Crippen molar-refractivity contribution in [3.05, 3.63) is 34.9 Å². The van der Waals surface area contributed by atoms with E-state index in [9.17, 15) is 0 Å². The van der Waals surface area contributed by atoms with Gasteiger partial charge in [0.05, 0.1) is 5.69 Å². The molecular weight excluding hydrogens is 374 g/mol. The van der Waals surface area contributed by atoms with Crippen LogP contribution in [0.15, 0.2) is 24.3 Å². The molecule has 3 aliphatic rings. The summed E-state index contributed by atoms with van der Waals surface area (Å²) >= 11 is 6.15. The van der Waals surface area contributed by atoms with Gasteiger partial charge in [0, 0.05) is 35.8 Å². The number of anilines is 1. The molecule has 1 aliphatic heterocycles. The van der Waals surface area contributed by atoms with Gasteiger partial charge in [0.2, 0.25) is 0 Å². The fraction of sp³-hybridized carbons (Fsp3) is 0.545. The highest BCUT2D eigenvalue weighted by atomic mass is 35.5.